The number of rotatable bonds is 12. The summed E-state index contributed by atoms with van der Waals surface area (Å²) in [7, 11) is 0. The summed E-state index contributed by atoms with van der Waals surface area (Å²) in [5.74, 6) is -2.19. The Morgan fingerprint density at radius 1 is 0.949 bits per heavy atom. The van der Waals surface area contributed by atoms with E-state index in [1.54, 1.807) is 24.3 Å². The molecule has 7 heteroatoms. The number of phenolic OH excluding ortho intramolecular Hbond substituents is 1. The molecule has 1 fully saturated rings. The number of aliphatic hydroxyl groups excluding tert-OH is 1. The van der Waals surface area contributed by atoms with Crippen LogP contribution in [0.4, 0.5) is 8.78 Å². The van der Waals surface area contributed by atoms with Crippen LogP contribution in [0.25, 0.3) is 0 Å². The highest BCUT2D eigenvalue weighted by Crippen LogP contribution is 2.40. The van der Waals surface area contributed by atoms with E-state index in [0.717, 1.165) is 43.7 Å². The highest BCUT2D eigenvalue weighted by atomic mass is 19.1. The van der Waals surface area contributed by atoms with Crippen LogP contribution in [0.15, 0.2) is 66.7 Å². The molecule has 0 saturated heterocycles. The van der Waals surface area contributed by atoms with Crippen molar-refractivity contribution in [1.29, 1.82) is 0 Å². The van der Waals surface area contributed by atoms with E-state index in [-0.39, 0.29) is 30.5 Å². The van der Waals surface area contributed by atoms with Crippen LogP contribution in [0.5, 0.6) is 5.75 Å². The van der Waals surface area contributed by atoms with E-state index < -0.39 is 29.7 Å². The summed E-state index contributed by atoms with van der Waals surface area (Å²) in [4.78, 5) is 13.8. The minimum absolute atomic E-state index is 0.0484. The average molecular weight is 537 g/mol. The lowest BCUT2D eigenvalue weighted by molar-refractivity contribution is -0.125. The molecule has 0 heterocycles. The predicted octanol–water partition coefficient (Wildman–Crippen LogP) is 5.38. The number of phenols is 1. The largest absolute Gasteiger partial charge is 0.508 e. The highest BCUT2D eigenvalue weighted by Gasteiger charge is 2.35. The Balaban J connectivity index is 1.53. The molecule has 39 heavy (non-hydrogen) atoms. The summed E-state index contributed by atoms with van der Waals surface area (Å²) in [5, 5.41) is 28.0. The molecule has 1 saturated carbocycles. The first kappa shape index (κ1) is 28.7. The van der Waals surface area contributed by atoms with Crippen LogP contribution in [0.3, 0.4) is 0 Å². The van der Waals surface area contributed by atoms with Gasteiger partial charge in [0.2, 0.25) is 5.91 Å². The normalized spacial score (nSPS) is 16.1. The first-order chi connectivity index (χ1) is 18.8. The molecule has 1 unspecified atom stereocenters. The van der Waals surface area contributed by atoms with Gasteiger partial charge >= 0.3 is 0 Å². The molecule has 0 bridgehead atoms. The third-order valence-electron chi connectivity index (χ3n) is 7.68. The third-order valence-corrected chi connectivity index (χ3v) is 7.68. The molecule has 0 radical (unpaired) electrons. The summed E-state index contributed by atoms with van der Waals surface area (Å²) in [5.41, 5.74) is 3.19. The van der Waals surface area contributed by atoms with Gasteiger partial charge in [-0.15, -0.1) is 0 Å². The van der Waals surface area contributed by atoms with Crippen LogP contribution < -0.4 is 10.6 Å². The maximum atomic E-state index is 14.0. The van der Waals surface area contributed by atoms with E-state index in [2.05, 4.69) is 29.7 Å². The number of carbonyl (C=O) groups excluding carboxylic acids is 1. The molecule has 208 valence electrons. The SMILES string of the molecule is CCc1cccc(CNC[C@H](O)[C@H](Cc2cc(F)cc(F)c2)NC(=O)C(c2ccccc2O)C2CCCC2)c1. The van der Waals surface area contributed by atoms with Gasteiger partial charge in [-0.25, -0.2) is 8.78 Å². The average Bonchev–Trinajstić information content (AvgIpc) is 3.43. The van der Waals surface area contributed by atoms with Gasteiger partial charge in [0.05, 0.1) is 18.1 Å². The number of hydrogen-bond donors (Lipinski definition) is 4. The van der Waals surface area contributed by atoms with E-state index in [1.807, 2.05) is 12.1 Å². The number of carbonyl (C=O) groups is 1. The van der Waals surface area contributed by atoms with Gasteiger partial charge in [-0.3, -0.25) is 4.79 Å². The van der Waals surface area contributed by atoms with Gasteiger partial charge in [0.1, 0.15) is 17.4 Å². The lowest BCUT2D eigenvalue weighted by Crippen LogP contribution is -2.50. The lowest BCUT2D eigenvalue weighted by atomic mass is 9.83. The van der Waals surface area contributed by atoms with Gasteiger partial charge in [-0.1, -0.05) is 62.2 Å². The van der Waals surface area contributed by atoms with E-state index in [9.17, 15) is 23.8 Å². The smallest absolute Gasteiger partial charge is 0.228 e. The van der Waals surface area contributed by atoms with E-state index >= 15 is 0 Å². The molecule has 0 aliphatic heterocycles. The van der Waals surface area contributed by atoms with Crippen molar-refractivity contribution in [2.75, 3.05) is 6.54 Å². The summed E-state index contributed by atoms with van der Waals surface area (Å²) in [6.07, 6.45) is 3.71. The molecule has 3 aromatic rings. The standard InChI is InChI=1S/C32H38F2N2O3/c1-2-21-8-7-9-22(14-21)19-35-20-30(38)28(17-23-15-25(33)18-26(34)16-23)36-32(39)31(24-10-3-4-11-24)27-12-5-6-13-29(27)37/h5-9,12-16,18,24,28,30-31,35,37-38H,2-4,10-11,17,19-20H2,1H3,(H,36,39)/t28-,30-,31?/m0/s1. The number of benzene rings is 3. The van der Waals surface area contributed by atoms with E-state index in [1.165, 1.54) is 17.7 Å². The molecule has 1 aliphatic carbocycles. The van der Waals surface area contributed by atoms with Crippen LogP contribution in [0.2, 0.25) is 0 Å². The zero-order valence-electron chi connectivity index (χ0n) is 22.4. The molecule has 4 rings (SSSR count). The van der Waals surface area contributed by atoms with Crippen LogP contribution in [0.1, 0.15) is 60.8 Å². The number of aryl methyl sites for hydroxylation is 1. The lowest BCUT2D eigenvalue weighted by Gasteiger charge is -2.30. The number of amides is 1. The Bertz CT molecular complexity index is 1230. The van der Waals surface area contributed by atoms with Crippen molar-refractivity contribution < 1.29 is 23.8 Å². The Morgan fingerprint density at radius 2 is 1.64 bits per heavy atom. The van der Waals surface area contributed by atoms with Crippen molar-refractivity contribution in [3.05, 3.63) is 101 Å². The Hall–Kier alpha value is -3.29. The Labute approximate surface area is 229 Å². The molecular formula is C32H38F2N2O3. The molecule has 4 N–H and O–H groups in total. The quantitative estimate of drug-likeness (QED) is 0.250. The first-order valence-electron chi connectivity index (χ1n) is 13.8. The van der Waals surface area contributed by atoms with Crippen LogP contribution in [0, 0.1) is 17.6 Å². The Morgan fingerprint density at radius 3 is 2.33 bits per heavy atom. The van der Waals surface area contributed by atoms with Gasteiger partial charge in [0, 0.05) is 24.7 Å². The van der Waals surface area contributed by atoms with Crippen LogP contribution >= 0.6 is 0 Å². The van der Waals surface area contributed by atoms with Gasteiger partial charge in [0.25, 0.3) is 0 Å². The second-order valence-corrected chi connectivity index (χ2v) is 10.5. The van der Waals surface area contributed by atoms with Crippen molar-refractivity contribution in [2.24, 2.45) is 5.92 Å². The van der Waals surface area contributed by atoms with Crippen molar-refractivity contribution >= 4 is 5.91 Å². The third kappa shape index (κ3) is 7.87. The first-order valence-corrected chi connectivity index (χ1v) is 13.8. The van der Waals surface area contributed by atoms with E-state index in [4.69, 9.17) is 0 Å². The number of nitrogens with one attached hydrogen (secondary N) is 2. The highest BCUT2D eigenvalue weighted by molar-refractivity contribution is 5.85. The summed E-state index contributed by atoms with van der Waals surface area (Å²) in [6.45, 7) is 2.79. The molecule has 1 amide bonds. The molecule has 0 spiro atoms. The summed E-state index contributed by atoms with van der Waals surface area (Å²) in [6, 6.07) is 17.4. The monoisotopic (exact) mass is 536 g/mol. The summed E-state index contributed by atoms with van der Waals surface area (Å²) < 4.78 is 27.9. The molecule has 3 atom stereocenters. The number of para-hydroxylation sites is 1. The van der Waals surface area contributed by atoms with E-state index in [0.29, 0.717) is 17.7 Å². The fraction of sp³-hybridized carbons (Fsp3) is 0.406. The molecule has 0 aromatic heterocycles. The van der Waals surface area contributed by atoms with Crippen molar-refractivity contribution in [2.45, 2.75) is 70.1 Å². The minimum Gasteiger partial charge on any atom is -0.508 e. The second kappa shape index (κ2) is 13.7. The van der Waals surface area contributed by atoms with Crippen LogP contribution in [-0.4, -0.2) is 34.8 Å². The maximum absolute atomic E-state index is 14.0. The molecular weight excluding hydrogens is 498 g/mol. The second-order valence-electron chi connectivity index (χ2n) is 10.5. The number of hydrogen-bond acceptors (Lipinski definition) is 4. The summed E-state index contributed by atoms with van der Waals surface area (Å²) >= 11 is 0. The fourth-order valence-corrected chi connectivity index (χ4v) is 5.66. The van der Waals surface area contributed by atoms with Crippen LogP contribution in [-0.2, 0) is 24.2 Å². The predicted molar refractivity (Wildman–Crippen MR) is 148 cm³/mol. The molecule has 1 aliphatic rings. The van der Waals surface area contributed by atoms with Crippen molar-refractivity contribution in [3.8, 4) is 5.75 Å². The fourth-order valence-electron chi connectivity index (χ4n) is 5.66. The topological polar surface area (TPSA) is 81.6 Å². The van der Waals surface area contributed by atoms with Gasteiger partial charge < -0.3 is 20.8 Å². The van der Waals surface area contributed by atoms with Crippen molar-refractivity contribution in [1.82, 2.24) is 10.6 Å². The van der Waals surface area contributed by atoms with Gasteiger partial charge in [-0.2, -0.15) is 0 Å². The number of aromatic hydroxyl groups is 1. The van der Waals surface area contributed by atoms with Crippen molar-refractivity contribution in [3.63, 3.8) is 0 Å². The molecule has 3 aromatic carbocycles. The number of halogens is 2. The zero-order valence-corrected chi connectivity index (χ0v) is 22.4. The minimum atomic E-state index is -1.02. The molecule has 5 nitrogen and oxygen atoms in total. The zero-order chi connectivity index (χ0) is 27.8. The maximum Gasteiger partial charge on any atom is 0.228 e. The number of aliphatic hydroxyl groups is 1. The van der Waals surface area contributed by atoms with Gasteiger partial charge in [0.15, 0.2) is 0 Å². The Kier molecular flexibility index (Phi) is 10.1. The van der Waals surface area contributed by atoms with Gasteiger partial charge in [-0.05, 0) is 66.5 Å².